The summed E-state index contributed by atoms with van der Waals surface area (Å²) in [6, 6.07) is 10.5. The van der Waals surface area contributed by atoms with Gasteiger partial charge in [-0.15, -0.1) is 0 Å². The minimum absolute atomic E-state index is 0.0195. The van der Waals surface area contributed by atoms with E-state index in [1.165, 1.54) is 12.1 Å². The van der Waals surface area contributed by atoms with Gasteiger partial charge in [-0.25, -0.2) is 14.1 Å². The van der Waals surface area contributed by atoms with E-state index in [9.17, 15) is 9.65 Å². The standard InChI is InChI=1S/C24H22FN7O/c1-13(2)31-21(11-26)23-15-8-22(24(27)28-12-15)33-14(3)18-9-16(25)4-5-20(18)32-17(6-7-29-32)10-19(23)30-31/h4-9,12-14H,10H2,1-3H3,(H2,27,28)/t14-/m1/s1. The number of pyridine rings is 1. The van der Waals surface area contributed by atoms with Crippen molar-refractivity contribution in [2.75, 3.05) is 5.73 Å². The fraction of sp³-hybridized carbons (Fsp3) is 0.250. The van der Waals surface area contributed by atoms with Crippen LogP contribution in [0.15, 0.2) is 42.7 Å². The maximum Gasteiger partial charge on any atom is 0.166 e. The summed E-state index contributed by atoms with van der Waals surface area (Å²) in [6.45, 7) is 5.77. The molecule has 1 aliphatic rings. The van der Waals surface area contributed by atoms with Crippen molar-refractivity contribution >= 4 is 5.82 Å². The Balaban J connectivity index is 1.83. The summed E-state index contributed by atoms with van der Waals surface area (Å²) in [5.74, 6) is 0.182. The van der Waals surface area contributed by atoms with Gasteiger partial charge in [-0.2, -0.15) is 15.5 Å². The number of ether oxygens (including phenoxy) is 1. The quantitative estimate of drug-likeness (QED) is 0.469. The Bertz CT molecular complexity index is 1410. The predicted molar refractivity (Wildman–Crippen MR) is 120 cm³/mol. The number of hydrogen-bond acceptors (Lipinski definition) is 6. The number of aromatic nitrogens is 5. The van der Waals surface area contributed by atoms with Crippen LogP contribution in [-0.4, -0.2) is 24.5 Å². The van der Waals surface area contributed by atoms with Gasteiger partial charge in [-0.3, -0.25) is 4.68 Å². The fourth-order valence-corrected chi connectivity index (χ4v) is 4.23. The number of anilines is 1. The van der Waals surface area contributed by atoms with Gasteiger partial charge in [-0.1, -0.05) is 0 Å². The first kappa shape index (κ1) is 20.7. The lowest BCUT2D eigenvalue weighted by Gasteiger charge is -2.21. The summed E-state index contributed by atoms with van der Waals surface area (Å²) in [7, 11) is 0. The Labute approximate surface area is 190 Å². The maximum atomic E-state index is 14.2. The van der Waals surface area contributed by atoms with Crippen molar-refractivity contribution in [3.8, 4) is 28.6 Å². The molecule has 4 aromatic rings. The van der Waals surface area contributed by atoms with Gasteiger partial charge < -0.3 is 10.5 Å². The van der Waals surface area contributed by atoms with Crippen molar-refractivity contribution in [1.29, 1.82) is 5.26 Å². The van der Waals surface area contributed by atoms with Crippen LogP contribution < -0.4 is 10.5 Å². The zero-order chi connectivity index (χ0) is 23.3. The van der Waals surface area contributed by atoms with E-state index in [4.69, 9.17) is 15.6 Å². The van der Waals surface area contributed by atoms with Gasteiger partial charge in [0.05, 0.1) is 17.1 Å². The Morgan fingerprint density at radius 1 is 1.27 bits per heavy atom. The van der Waals surface area contributed by atoms with Crippen LogP contribution in [0.4, 0.5) is 10.2 Å². The number of nitrogens with two attached hydrogens (primary N) is 1. The molecule has 4 heterocycles. The molecule has 2 N–H and O–H groups in total. The molecule has 0 spiro atoms. The van der Waals surface area contributed by atoms with Crippen molar-refractivity contribution in [3.05, 3.63) is 71.2 Å². The van der Waals surface area contributed by atoms with Crippen LogP contribution in [0.5, 0.6) is 5.75 Å². The van der Waals surface area contributed by atoms with Crippen LogP contribution in [0.1, 0.15) is 55.6 Å². The number of nitrogen functional groups attached to an aromatic ring is 1. The van der Waals surface area contributed by atoms with Crippen molar-refractivity contribution in [2.45, 2.75) is 39.3 Å². The van der Waals surface area contributed by atoms with Crippen LogP contribution >= 0.6 is 0 Å². The molecule has 0 unspecified atom stereocenters. The second-order valence-electron chi connectivity index (χ2n) is 8.30. The van der Waals surface area contributed by atoms with Crippen LogP contribution in [0.3, 0.4) is 0 Å². The molecular formula is C24H22FN7O. The van der Waals surface area contributed by atoms with E-state index in [1.807, 2.05) is 26.8 Å². The van der Waals surface area contributed by atoms with Gasteiger partial charge in [0.25, 0.3) is 0 Å². The molecular weight excluding hydrogens is 421 g/mol. The highest BCUT2D eigenvalue weighted by molar-refractivity contribution is 5.74. The summed E-state index contributed by atoms with van der Waals surface area (Å²) in [4.78, 5) is 4.31. The van der Waals surface area contributed by atoms with E-state index in [0.717, 1.165) is 5.69 Å². The molecule has 8 nitrogen and oxygen atoms in total. The monoisotopic (exact) mass is 443 g/mol. The molecule has 0 radical (unpaired) electrons. The van der Waals surface area contributed by atoms with Gasteiger partial charge in [0.1, 0.15) is 23.7 Å². The molecule has 0 saturated heterocycles. The number of nitrogens with zero attached hydrogens (tertiary/aromatic N) is 6. The summed E-state index contributed by atoms with van der Waals surface area (Å²) in [5.41, 5.74) is 10.8. The second kappa shape index (κ2) is 7.74. The normalized spacial score (nSPS) is 14.8. The molecule has 33 heavy (non-hydrogen) atoms. The third-order valence-corrected chi connectivity index (χ3v) is 5.78. The Kier molecular flexibility index (Phi) is 4.86. The molecule has 1 aliphatic heterocycles. The lowest BCUT2D eigenvalue weighted by atomic mass is 10.0. The van der Waals surface area contributed by atoms with E-state index in [2.05, 4.69) is 16.2 Å². The minimum atomic E-state index is -0.542. The topological polar surface area (TPSA) is 108 Å². The molecule has 166 valence electrons. The molecule has 1 atom stereocenters. The van der Waals surface area contributed by atoms with Crippen molar-refractivity contribution in [2.24, 2.45) is 0 Å². The van der Waals surface area contributed by atoms with Crippen LogP contribution in [0.25, 0.3) is 16.8 Å². The van der Waals surface area contributed by atoms with Crippen LogP contribution in [-0.2, 0) is 6.42 Å². The van der Waals surface area contributed by atoms with E-state index in [1.54, 1.807) is 33.9 Å². The molecule has 0 saturated carbocycles. The summed E-state index contributed by atoms with van der Waals surface area (Å²) in [5, 5.41) is 19.3. The van der Waals surface area contributed by atoms with Gasteiger partial charge in [0, 0.05) is 41.5 Å². The molecule has 0 aliphatic carbocycles. The van der Waals surface area contributed by atoms with Gasteiger partial charge in [0.15, 0.2) is 11.6 Å². The average molecular weight is 443 g/mol. The van der Waals surface area contributed by atoms with Crippen molar-refractivity contribution in [3.63, 3.8) is 0 Å². The first-order chi connectivity index (χ1) is 15.9. The van der Waals surface area contributed by atoms with Gasteiger partial charge in [-0.05, 0) is 51.1 Å². The highest BCUT2D eigenvalue weighted by Crippen LogP contribution is 2.37. The lowest BCUT2D eigenvalue weighted by Crippen LogP contribution is -2.13. The third kappa shape index (κ3) is 3.40. The van der Waals surface area contributed by atoms with E-state index < -0.39 is 6.10 Å². The molecule has 1 aromatic carbocycles. The number of hydrogen-bond donors (Lipinski definition) is 1. The first-order valence-corrected chi connectivity index (χ1v) is 10.6. The largest absolute Gasteiger partial charge is 0.482 e. The second-order valence-corrected chi connectivity index (χ2v) is 8.30. The van der Waals surface area contributed by atoms with Crippen LogP contribution in [0.2, 0.25) is 0 Å². The molecule has 9 heteroatoms. The maximum absolute atomic E-state index is 14.2. The van der Waals surface area contributed by atoms with Gasteiger partial charge >= 0.3 is 0 Å². The zero-order valence-corrected chi connectivity index (χ0v) is 18.5. The SMILES string of the molecule is CC(C)n1nc2c(c1C#N)-c1cnc(N)c(c1)O[C@H](C)c1cc(F)ccc1-n1nccc1C2. The van der Waals surface area contributed by atoms with E-state index in [0.29, 0.717) is 45.9 Å². The highest BCUT2D eigenvalue weighted by atomic mass is 19.1. The van der Waals surface area contributed by atoms with Gasteiger partial charge in [0.2, 0.25) is 0 Å². The Morgan fingerprint density at radius 3 is 2.85 bits per heavy atom. The predicted octanol–water partition coefficient (Wildman–Crippen LogP) is 4.35. The van der Waals surface area contributed by atoms with Crippen molar-refractivity contribution in [1.82, 2.24) is 24.5 Å². The number of rotatable bonds is 1. The Hall–Kier alpha value is -4.19. The average Bonchev–Trinajstić information content (AvgIpc) is 3.39. The first-order valence-electron chi connectivity index (χ1n) is 10.6. The number of nitriles is 1. The third-order valence-electron chi connectivity index (χ3n) is 5.78. The summed E-state index contributed by atoms with van der Waals surface area (Å²) in [6.07, 6.45) is 3.18. The molecule has 0 amide bonds. The highest BCUT2D eigenvalue weighted by Gasteiger charge is 2.26. The summed E-state index contributed by atoms with van der Waals surface area (Å²) >= 11 is 0. The molecule has 0 fully saturated rings. The minimum Gasteiger partial charge on any atom is -0.482 e. The van der Waals surface area contributed by atoms with E-state index in [-0.39, 0.29) is 17.7 Å². The van der Waals surface area contributed by atoms with Crippen molar-refractivity contribution < 1.29 is 9.13 Å². The zero-order valence-electron chi connectivity index (χ0n) is 18.5. The van der Waals surface area contributed by atoms with Crippen LogP contribution in [0, 0.1) is 17.1 Å². The summed E-state index contributed by atoms with van der Waals surface area (Å²) < 4.78 is 23.9. The number of halogens is 1. The smallest absolute Gasteiger partial charge is 0.166 e. The van der Waals surface area contributed by atoms with E-state index >= 15 is 0 Å². The molecule has 3 aromatic heterocycles. The number of fused-ring (bicyclic) bond motifs is 7. The lowest BCUT2D eigenvalue weighted by molar-refractivity contribution is 0.226. The Morgan fingerprint density at radius 2 is 2.09 bits per heavy atom. The fourth-order valence-electron chi connectivity index (χ4n) is 4.23. The molecule has 2 bridgehead atoms. The number of benzene rings is 1. The molecule has 5 rings (SSSR count).